The topological polar surface area (TPSA) is 91.3 Å². The predicted octanol–water partition coefficient (Wildman–Crippen LogP) is 9.48. The van der Waals surface area contributed by atoms with Crippen molar-refractivity contribution in [2.24, 2.45) is 5.10 Å². The van der Waals surface area contributed by atoms with Gasteiger partial charge < -0.3 is 4.74 Å². The maximum Gasteiger partial charge on any atom is 0.255 e. The summed E-state index contributed by atoms with van der Waals surface area (Å²) >= 11 is 25.2. The van der Waals surface area contributed by atoms with E-state index in [1.165, 1.54) is 29.8 Å². The van der Waals surface area contributed by atoms with Crippen LogP contribution in [0.2, 0.25) is 15.1 Å². The molecule has 0 fully saturated rings. The Bertz CT molecular complexity index is 1760. The van der Waals surface area contributed by atoms with E-state index in [9.17, 15) is 13.2 Å². The summed E-state index contributed by atoms with van der Waals surface area (Å²) < 4.78 is 36.8. The maximum absolute atomic E-state index is 13.5. The zero-order valence-corrected chi connectivity index (χ0v) is 31.2. The lowest BCUT2D eigenvalue weighted by molar-refractivity contribution is -0.116. The molecule has 1 heterocycles. The summed E-state index contributed by atoms with van der Waals surface area (Å²) in [7, 11) is -4.01. The number of para-hydroxylation sites is 1. The highest BCUT2D eigenvalue weighted by atomic mass is 35.5. The fourth-order valence-electron chi connectivity index (χ4n) is 4.96. The number of nitrogens with zero attached hydrogens (tertiary/aromatic N) is 3. The van der Waals surface area contributed by atoms with Crippen LogP contribution in [0, 0.1) is 0 Å². The number of hydrogen-bond donors (Lipinski definition) is 1. The highest BCUT2D eigenvalue weighted by Gasteiger charge is 2.34. The zero-order valence-electron chi connectivity index (χ0n) is 27.3. The summed E-state index contributed by atoms with van der Waals surface area (Å²) in [6, 6.07) is 15.5. The quantitative estimate of drug-likeness (QED) is 0.139. The molecule has 1 aliphatic rings. The molecule has 0 spiro atoms. The molecule has 1 aliphatic heterocycles. The van der Waals surface area contributed by atoms with E-state index >= 15 is 0 Å². The van der Waals surface area contributed by atoms with E-state index in [4.69, 9.17) is 51.3 Å². The number of rotatable bonds is 13. The number of carbonyl (C=O) groups excluding carboxylic acids is 1. The molecule has 0 radical (unpaired) electrons. The molecule has 254 valence electrons. The fourth-order valence-corrected chi connectivity index (χ4v) is 7.49. The molecule has 0 aromatic heterocycles. The number of hydrogen-bond acceptors (Lipinski definition) is 6. The van der Waals surface area contributed by atoms with Crippen LogP contribution in [0.4, 0.5) is 11.4 Å². The molecule has 8 nitrogen and oxygen atoms in total. The van der Waals surface area contributed by atoms with Crippen LogP contribution < -0.4 is 18.9 Å². The standard InChI is InChI=1S/C34H40Cl4N4O4S/c1-7-33(3,4)22-14-15-28(24(18-22)34(5,6)8-2)46-17-11-16-39-47(44,45)29-13-10-9-12-27(29)41(38)30-21-31(43)42(40-30)32-25(36)19-23(35)20-26(32)37/h9-10,12-15,18-20,39H,7-8,11,16-17,21H2,1-6H3. The van der Waals surface area contributed by atoms with E-state index in [1.54, 1.807) is 12.1 Å². The van der Waals surface area contributed by atoms with E-state index in [2.05, 4.69) is 63.5 Å². The third kappa shape index (κ3) is 8.38. The van der Waals surface area contributed by atoms with E-state index in [0.717, 1.165) is 33.6 Å². The molecular formula is C34H40Cl4N4O4S. The summed E-state index contributed by atoms with van der Waals surface area (Å²) in [5.41, 5.74) is 2.64. The molecule has 0 atom stereocenters. The molecule has 0 saturated carbocycles. The average Bonchev–Trinajstić information content (AvgIpc) is 3.40. The van der Waals surface area contributed by atoms with Crippen molar-refractivity contribution < 1.29 is 17.9 Å². The van der Waals surface area contributed by atoms with Crippen molar-refractivity contribution in [1.29, 1.82) is 0 Å². The van der Waals surface area contributed by atoms with Gasteiger partial charge in [-0.2, -0.15) is 5.01 Å². The number of nitrogens with one attached hydrogen (secondary N) is 1. The number of amidine groups is 1. The van der Waals surface area contributed by atoms with Crippen LogP contribution >= 0.6 is 46.6 Å². The molecule has 0 unspecified atom stereocenters. The van der Waals surface area contributed by atoms with Crippen molar-refractivity contribution in [2.75, 3.05) is 22.6 Å². The van der Waals surface area contributed by atoms with Crippen molar-refractivity contribution in [3.8, 4) is 5.75 Å². The normalized spacial score (nSPS) is 14.0. The van der Waals surface area contributed by atoms with Crippen LogP contribution in [0.3, 0.4) is 0 Å². The number of halogens is 4. The van der Waals surface area contributed by atoms with Crippen LogP contribution in [-0.2, 0) is 25.6 Å². The highest BCUT2D eigenvalue weighted by Crippen LogP contribution is 2.40. The molecule has 0 bridgehead atoms. The Morgan fingerprint density at radius 2 is 1.60 bits per heavy atom. The van der Waals surface area contributed by atoms with Gasteiger partial charge in [-0.15, -0.1) is 5.10 Å². The Hall–Kier alpha value is -2.53. The Morgan fingerprint density at radius 3 is 2.23 bits per heavy atom. The first-order valence-corrected chi connectivity index (χ1v) is 18.3. The predicted molar refractivity (Wildman–Crippen MR) is 194 cm³/mol. The second kappa shape index (κ2) is 14.9. The van der Waals surface area contributed by atoms with Crippen LogP contribution in [0.5, 0.6) is 5.75 Å². The van der Waals surface area contributed by atoms with E-state index < -0.39 is 15.9 Å². The number of anilines is 2. The molecule has 0 aliphatic carbocycles. The lowest BCUT2D eigenvalue weighted by atomic mass is 9.76. The average molecular weight is 743 g/mol. The van der Waals surface area contributed by atoms with Crippen molar-refractivity contribution in [3.63, 3.8) is 0 Å². The molecule has 3 aromatic rings. The molecule has 1 N–H and O–H groups in total. The van der Waals surface area contributed by atoms with Crippen molar-refractivity contribution in [3.05, 3.63) is 80.8 Å². The number of ether oxygens (including phenoxy) is 1. The van der Waals surface area contributed by atoms with Gasteiger partial charge in [0.1, 0.15) is 16.3 Å². The minimum atomic E-state index is -4.01. The van der Waals surface area contributed by atoms with Gasteiger partial charge in [0, 0.05) is 28.9 Å². The Balaban J connectivity index is 1.46. The molecule has 1 amide bonds. The first kappa shape index (κ1) is 37.3. The molecule has 47 heavy (non-hydrogen) atoms. The van der Waals surface area contributed by atoms with Crippen LogP contribution in [0.1, 0.15) is 78.4 Å². The summed E-state index contributed by atoms with van der Waals surface area (Å²) in [4.78, 5) is 12.8. The summed E-state index contributed by atoms with van der Waals surface area (Å²) in [6.45, 7) is 13.7. The minimum Gasteiger partial charge on any atom is -0.493 e. The second-order valence-electron chi connectivity index (χ2n) is 12.7. The third-order valence-corrected chi connectivity index (χ3v) is 11.4. The number of sulfonamides is 1. The van der Waals surface area contributed by atoms with Gasteiger partial charge >= 0.3 is 0 Å². The van der Waals surface area contributed by atoms with E-state index in [1.807, 2.05) is 6.07 Å². The molecule has 3 aromatic carbocycles. The van der Waals surface area contributed by atoms with Gasteiger partial charge in [-0.1, -0.05) is 101 Å². The highest BCUT2D eigenvalue weighted by molar-refractivity contribution is 7.89. The van der Waals surface area contributed by atoms with Crippen LogP contribution in [0.15, 0.2) is 64.6 Å². The van der Waals surface area contributed by atoms with E-state index in [-0.39, 0.29) is 55.9 Å². The third-order valence-electron chi connectivity index (χ3n) is 8.68. The Kier molecular flexibility index (Phi) is 11.8. The Morgan fingerprint density at radius 1 is 0.957 bits per heavy atom. The SMILES string of the molecule is CCC(C)(C)c1ccc(OCCCNS(=O)(=O)c2ccccc2N(Cl)C2=NN(c3c(Cl)cc(Cl)cc3Cl)C(=O)C2)c(C(C)(C)CC)c1. The Labute approximate surface area is 298 Å². The van der Waals surface area contributed by atoms with Gasteiger partial charge in [0.25, 0.3) is 5.91 Å². The van der Waals surface area contributed by atoms with Crippen LogP contribution in [-0.4, -0.2) is 33.3 Å². The molecule has 4 rings (SSSR count). The van der Waals surface area contributed by atoms with Crippen molar-refractivity contribution in [1.82, 2.24) is 4.72 Å². The smallest absolute Gasteiger partial charge is 0.255 e. The molecular weight excluding hydrogens is 702 g/mol. The van der Waals surface area contributed by atoms with Crippen molar-refractivity contribution in [2.45, 2.75) is 83.0 Å². The zero-order chi connectivity index (χ0) is 34.7. The van der Waals surface area contributed by atoms with Crippen molar-refractivity contribution >= 4 is 79.7 Å². The van der Waals surface area contributed by atoms with Gasteiger partial charge in [0.2, 0.25) is 10.0 Å². The molecule has 13 heteroatoms. The number of hydrazone groups is 1. The van der Waals surface area contributed by atoms with Crippen LogP contribution in [0.25, 0.3) is 0 Å². The van der Waals surface area contributed by atoms with E-state index in [0.29, 0.717) is 18.1 Å². The summed E-state index contributed by atoms with van der Waals surface area (Å²) in [6.07, 6.45) is 2.17. The minimum absolute atomic E-state index is 0.0434. The lowest BCUT2D eigenvalue weighted by Gasteiger charge is -2.30. The number of carbonyl (C=O) groups is 1. The van der Waals surface area contributed by atoms with Gasteiger partial charge in [0.15, 0.2) is 5.84 Å². The maximum atomic E-state index is 13.5. The number of benzene rings is 3. The first-order valence-electron chi connectivity index (χ1n) is 15.4. The first-order chi connectivity index (χ1) is 22.0. The van der Waals surface area contributed by atoms with Gasteiger partial charge in [0.05, 0.1) is 28.8 Å². The summed E-state index contributed by atoms with van der Waals surface area (Å²) in [5, 5.41) is 5.89. The second-order valence-corrected chi connectivity index (χ2v) is 16.0. The van der Waals surface area contributed by atoms with Gasteiger partial charge in [-0.3, -0.25) is 4.79 Å². The van der Waals surface area contributed by atoms with Gasteiger partial charge in [-0.05, 0) is 66.0 Å². The largest absolute Gasteiger partial charge is 0.493 e. The molecule has 0 saturated heterocycles. The lowest BCUT2D eigenvalue weighted by Crippen LogP contribution is -2.29. The monoisotopic (exact) mass is 740 g/mol. The fraction of sp³-hybridized carbons (Fsp3) is 0.412. The van der Waals surface area contributed by atoms with Gasteiger partial charge in [-0.25, -0.2) is 17.6 Å². The number of amides is 1. The summed E-state index contributed by atoms with van der Waals surface area (Å²) in [5.74, 6) is 0.443.